The summed E-state index contributed by atoms with van der Waals surface area (Å²) in [6.07, 6.45) is 3.18. The molecule has 0 aliphatic carbocycles. The van der Waals surface area contributed by atoms with E-state index in [9.17, 15) is 8.42 Å². The summed E-state index contributed by atoms with van der Waals surface area (Å²) in [6.45, 7) is 1.99. The lowest BCUT2D eigenvalue weighted by molar-refractivity contribution is 0.554. The Morgan fingerprint density at radius 1 is 1.20 bits per heavy atom. The Labute approximate surface area is 92.2 Å². The van der Waals surface area contributed by atoms with Gasteiger partial charge < -0.3 is 0 Å². The molecule has 2 nitrogen and oxygen atoms in total. The highest BCUT2D eigenvalue weighted by molar-refractivity contribution is 7.90. The maximum absolute atomic E-state index is 11.1. The van der Waals surface area contributed by atoms with Crippen molar-refractivity contribution in [3.63, 3.8) is 0 Å². The molecular weight excluding hydrogens is 208 g/mol. The quantitative estimate of drug-likeness (QED) is 0.772. The van der Waals surface area contributed by atoms with E-state index in [0.29, 0.717) is 5.75 Å². The molecule has 84 valence electrons. The van der Waals surface area contributed by atoms with Gasteiger partial charge >= 0.3 is 0 Å². The standard InChI is InChI=1S/C12H18O2S/c1-11(10-15(2,13)14)8-9-12-6-4-3-5-7-12/h3-7,11H,8-10H2,1-2H3. The van der Waals surface area contributed by atoms with Crippen molar-refractivity contribution in [2.75, 3.05) is 12.0 Å². The zero-order chi connectivity index (χ0) is 11.3. The van der Waals surface area contributed by atoms with Crippen LogP contribution in [0, 0.1) is 5.92 Å². The molecule has 0 fully saturated rings. The van der Waals surface area contributed by atoms with Crippen LogP contribution in [0.3, 0.4) is 0 Å². The first-order valence-corrected chi connectivity index (χ1v) is 7.25. The van der Waals surface area contributed by atoms with E-state index in [-0.39, 0.29) is 5.92 Å². The SMILES string of the molecule is CC(CCc1ccccc1)CS(C)(=O)=O. The zero-order valence-electron chi connectivity index (χ0n) is 9.31. The van der Waals surface area contributed by atoms with Gasteiger partial charge in [-0.1, -0.05) is 37.3 Å². The topological polar surface area (TPSA) is 34.1 Å². The van der Waals surface area contributed by atoms with Crippen LogP contribution in [0.2, 0.25) is 0 Å². The third kappa shape index (κ3) is 5.57. The average Bonchev–Trinajstić information content (AvgIpc) is 2.14. The van der Waals surface area contributed by atoms with Crippen molar-refractivity contribution in [3.05, 3.63) is 35.9 Å². The van der Waals surface area contributed by atoms with Crippen molar-refractivity contribution in [3.8, 4) is 0 Å². The van der Waals surface area contributed by atoms with Crippen LogP contribution in [0.5, 0.6) is 0 Å². The van der Waals surface area contributed by atoms with Gasteiger partial charge in [0.15, 0.2) is 0 Å². The van der Waals surface area contributed by atoms with Crippen molar-refractivity contribution < 1.29 is 8.42 Å². The van der Waals surface area contributed by atoms with Crippen LogP contribution in [0.25, 0.3) is 0 Å². The minimum absolute atomic E-state index is 0.236. The number of aryl methyl sites for hydroxylation is 1. The number of rotatable bonds is 5. The maximum atomic E-state index is 11.1. The van der Waals surface area contributed by atoms with E-state index in [2.05, 4.69) is 12.1 Å². The summed E-state index contributed by atoms with van der Waals surface area (Å²) in [7, 11) is -2.83. The molecule has 0 saturated carbocycles. The van der Waals surface area contributed by atoms with E-state index >= 15 is 0 Å². The van der Waals surface area contributed by atoms with Gasteiger partial charge in [-0.3, -0.25) is 0 Å². The molecule has 0 bridgehead atoms. The largest absolute Gasteiger partial charge is 0.229 e. The fourth-order valence-electron chi connectivity index (χ4n) is 1.66. The second-order valence-corrected chi connectivity index (χ2v) is 6.41. The Balaban J connectivity index is 2.38. The lowest BCUT2D eigenvalue weighted by atomic mass is 10.0. The van der Waals surface area contributed by atoms with Gasteiger partial charge in [0.1, 0.15) is 9.84 Å². The summed E-state index contributed by atoms with van der Waals surface area (Å²) in [5.41, 5.74) is 1.28. The molecule has 0 radical (unpaired) electrons. The van der Waals surface area contributed by atoms with E-state index in [0.717, 1.165) is 12.8 Å². The van der Waals surface area contributed by atoms with Crippen molar-refractivity contribution in [1.82, 2.24) is 0 Å². The molecule has 0 aliphatic rings. The van der Waals surface area contributed by atoms with E-state index in [1.807, 2.05) is 25.1 Å². The lowest BCUT2D eigenvalue weighted by Gasteiger charge is -2.09. The summed E-state index contributed by atoms with van der Waals surface area (Å²) in [5.74, 6) is 0.528. The van der Waals surface area contributed by atoms with Crippen molar-refractivity contribution >= 4 is 9.84 Å². The van der Waals surface area contributed by atoms with Gasteiger partial charge in [0.25, 0.3) is 0 Å². The second kappa shape index (κ2) is 5.31. The van der Waals surface area contributed by atoms with Gasteiger partial charge in [0.05, 0.1) is 5.75 Å². The summed E-state index contributed by atoms with van der Waals surface area (Å²) >= 11 is 0. The maximum Gasteiger partial charge on any atom is 0.147 e. The summed E-state index contributed by atoms with van der Waals surface area (Å²) < 4.78 is 22.1. The molecule has 1 unspecified atom stereocenters. The molecular formula is C12H18O2S. The minimum Gasteiger partial charge on any atom is -0.229 e. The number of sulfone groups is 1. The molecule has 1 aromatic rings. The Kier molecular flexibility index (Phi) is 4.33. The first-order valence-electron chi connectivity index (χ1n) is 5.19. The summed E-state index contributed by atoms with van der Waals surface area (Å²) in [6, 6.07) is 10.2. The van der Waals surface area contributed by atoms with Gasteiger partial charge in [0.2, 0.25) is 0 Å². The number of hydrogen-bond donors (Lipinski definition) is 0. The second-order valence-electron chi connectivity index (χ2n) is 4.22. The van der Waals surface area contributed by atoms with E-state index in [4.69, 9.17) is 0 Å². The molecule has 0 N–H and O–H groups in total. The Bertz CT molecular complexity index is 381. The third-order valence-electron chi connectivity index (χ3n) is 2.36. The first kappa shape index (κ1) is 12.2. The fraction of sp³-hybridized carbons (Fsp3) is 0.500. The molecule has 0 heterocycles. The van der Waals surface area contributed by atoms with Crippen LogP contribution < -0.4 is 0 Å². The highest BCUT2D eigenvalue weighted by atomic mass is 32.2. The van der Waals surface area contributed by atoms with E-state index in [1.165, 1.54) is 11.8 Å². The predicted molar refractivity (Wildman–Crippen MR) is 63.6 cm³/mol. The zero-order valence-corrected chi connectivity index (χ0v) is 10.1. The van der Waals surface area contributed by atoms with Crippen LogP contribution in [0.4, 0.5) is 0 Å². The van der Waals surface area contributed by atoms with Crippen LogP contribution in [-0.4, -0.2) is 20.4 Å². The number of hydrogen-bond acceptors (Lipinski definition) is 2. The molecule has 0 spiro atoms. The fourth-order valence-corrected chi connectivity index (χ4v) is 2.86. The molecule has 1 aromatic carbocycles. The molecule has 0 saturated heterocycles. The minimum atomic E-state index is -2.83. The Morgan fingerprint density at radius 2 is 1.80 bits per heavy atom. The molecule has 3 heteroatoms. The van der Waals surface area contributed by atoms with Crippen LogP contribution in [0.15, 0.2) is 30.3 Å². The van der Waals surface area contributed by atoms with Gasteiger partial charge in [0, 0.05) is 6.26 Å². The first-order chi connectivity index (χ1) is 6.97. The van der Waals surface area contributed by atoms with E-state index in [1.54, 1.807) is 0 Å². The molecule has 0 aliphatic heterocycles. The monoisotopic (exact) mass is 226 g/mol. The molecule has 1 rings (SSSR count). The van der Waals surface area contributed by atoms with Crippen molar-refractivity contribution in [2.45, 2.75) is 19.8 Å². The molecule has 0 amide bonds. The Hall–Kier alpha value is -0.830. The van der Waals surface area contributed by atoms with Gasteiger partial charge in [-0.15, -0.1) is 0 Å². The summed E-state index contributed by atoms with van der Waals surface area (Å²) in [5, 5.41) is 0. The van der Waals surface area contributed by atoms with E-state index < -0.39 is 9.84 Å². The van der Waals surface area contributed by atoms with Gasteiger partial charge in [-0.2, -0.15) is 0 Å². The number of benzene rings is 1. The van der Waals surface area contributed by atoms with Crippen LogP contribution in [0.1, 0.15) is 18.9 Å². The normalized spacial score (nSPS) is 13.7. The molecule has 0 aromatic heterocycles. The average molecular weight is 226 g/mol. The smallest absolute Gasteiger partial charge is 0.147 e. The predicted octanol–water partition coefficient (Wildman–Crippen LogP) is 2.30. The van der Waals surface area contributed by atoms with Crippen molar-refractivity contribution in [1.29, 1.82) is 0 Å². The lowest BCUT2D eigenvalue weighted by Crippen LogP contribution is -2.12. The molecule has 15 heavy (non-hydrogen) atoms. The summed E-state index contributed by atoms with van der Waals surface area (Å²) in [4.78, 5) is 0. The van der Waals surface area contributed by atoms with Gasteiger partial charge in [-0.05, 0) is 24.3 Å². The van der Waals surface area contributed by atoms with Crippen LogP contribution in [-0.2, 0) is 16.3 Å². The van der Waals surface area contributed by atoms with Crippen molar-refractivity contribution in [2.24, 2.45) is 5.92 Å². The highest BCUT2D eigenvalue weighted by Crippen LogP contribution is 2.10. The van der Waals surface area contributed by atoms with Gasteiger partial charge in [-0.25, -0.2) is 8.42 Å². The van der Waals surface area contributed by atoms with Crippen LogP contribution >= 0.6 is 0 Å². The highest BCUT2D eigenvalue weighted by Gasteiger charge is 2.10. The molecule has 1 atom stereocenters. The third-order valence-corrected chi connectivity index (χ3v) is 3.53. The Morgan fingerprint density at radius 3 is 2.33 bits per heavy atom.